The predicted octanol–water partition coefficient (Wildman–Crippen LogP) is 7.21. The van der Waals surface area contributed by atoms with Crippen molar-refractivity contribution in [2.75, 3.05) is 16.4 Å². The first kappa shape index (κ1) is 27.5. The number of aryl methyl sites for hydroxylation is 3. The minimum Gasteiger partial charge on any atom is -0.489 e. The summed E-state index contributed by atoms with van der Waals surface area (Å²) in [5, 5.41) is 12.0. The largest absolute Gasteiger partial charge is 0.489 e. The number of benzene rings is 3. The van der Waals surface area contributed by atoms with Crippen LogP contribution in [0.4, 0.5) is 11.6 Å². The number of anilines is 2. The molecule has 8 heteroatoms. The Morgan fingerprint density at radius 3 is 2.42 bits per heavy atom. The summed E-state index contributed by atoms with van der Waals surface area (Å²) in [7, 11) is 0. The van der Waals surface area contributed by atoms with Crippen LogP contribution in [0.1, 0.15) is 54.1 Å². The van der Waals surface area contributed by atoms with E-state index < -0.39 is 6.04 Å². The fourth-order valence-electron chi connectivity index (χ4n) is 4.73. The highest BCUT2D eigenvalue weighted by atomic mass is 32.2. The minimum atomic E-state index is -0.448. The molecular formula is C32H35N5O2S. The van der Waals surface area contributed by atoms with Gasteiger partial charge in [-0.3, -0.25) is 4.79 Å². The number of aromatic nitrogens is 3. The number of fused-ring (bicyclic) bond motifs is 1. The number of ether oxygens (including phenoxy) is 1. The van der Waals surface area contributed by atoms with E-state index >= 15 is 0 Å². The molecule has 1 amide bonds. The van der Waals surface area contributed by atoms with Gasteiger partial charge in [0.2, 0.25) is 11.1 Å². The Kier molecular flexibility index (Phi) is 8.26. The van der Waals surface area contributed by atoms with Gasteiger partial charge in [-0.05, 0) is 69.0 Å². The maximum Gasteiger partial charge on any atom is 0.255 e. The molecule has 0 saturated carbocycles. The number of hydrogen-bond donors (Lipinski definition) is 2. The van der Waals surface area contributed by atoms with Crippen LogP contribution < -0.4 is 15.4 Å². The number of amides is 1. The molecule has 7 nitrogen and oxygen atoms in total. The normalized spacial score (nSPS) is 14.5. The van der Waals surface area contributed by atoms with E-state index in [9.17, 15) is 4.79 Å². The predicted molar refractivity (Wildman–Crippen MR) is 162 cm³/mol. The highest BCUT2D eigenvalue weighted by Crippen LogP contribution is 2.37. The number of carbonyl (C=O) groups excluding carboxylic acids is 1. The van der Waals surface area contributed by atoms with Crippen LogP contribution >= 0.6 is 11.8 Å². The molecule has 1 aromatic heterocycles. The lowest BCUT2D eigenvalue weighted by molar-refractivity contribution is -0.113. The lowest BCUT2D eigenvalue weighted by Gasteiger charge is -2.29. The van der Waals surface area contributed by atoms with Crippen molar-refractivity contribution in [3.05, 3.63) is 106 Å². The molecule has 3 aromatic carbocycles. The fraction of sp³-hybridized carbons (Fsp3) is 0.281. The van der Waals surface area contributed by atoms with Gasteiger partial charge in [-0.1, -0.05) is 78.3 Å². The van der Waals surface area contributed by atoms with Gasteiger partial charge >= 0.3 is 0 Å². The smallest absolute Gasteiger partial charge is 0.255 e. The molecule has 206 valence electrons. The molecule has 2 heterocycles. The monoisotopic (exact) mass is 553 g/mol. The molecule has 0 spiro atoms. The van der Waals surface area contributed by atoms with Crippen LogP contribution in [0.25, 0.3) is 0 Å². The molecule has 5 rings (SSSR count). The second kappa shape index (κ2) is 12.0. The summed E-state index contributed by atoms with van der Waals surface area (Å²) in [6, 6.07) is 21.8. The molecule has 1 unspecified atom stereocenters. The topological polar surface area (TPSA) is 81.1 Å². The van der Waals surface area contributed by atoms with Gasteiger partial charge in [0.1, 0.15) is 18.4 Å². The summed E-state index contributed by atoms with van der Waals surface area (Å²) in [4.78, 5) is 18.6. The van der Waals surface area contributed by atoms with Crippen molar-refractivity contribution >= 4 is 29.3 Å². The first-order chi connectivity index (χ1) is 19.3. The highest BCUT2D eigenvalue weighted by Gasteiger charge is 2.34. The number of allylic oxidation sites excluding steroid dienone is 1. The zero-order valence-electron chi connectivity index (χ0n) is 23.6. The van der Waals surface area contributed by atoms with Crippen molar-refractivity contribution in [2.45, 2.75) is 58.8 Å². The zero-order chi connectivity index (χ0) is 28.2. The fourth-order valence-corrected chi connectivity index (χ4v) is 5.41. The lowest BCUT2D eigenvalue weighted by atomic mass is 9.94. The molecule has 0 fully saturated rings. The van der Waals surface area contributed by atoms with Gasteiger partial charge in [-0.15, -0.1) is 5.10 Å². The number of nitrogens with zero attached hydrogens (tertiary/aromatic N) is 3. The Balaban J connectivity index is 1.45. The molecule has 4 aromatic rings. The van der Waals surface area contributed by atoms with Crippen LogP contribution in [0.2, 0.25) is 0 Å². The van der Waals surface area contributed by atoms with Gasteiger partial charge in [0.15, 0.2) is 0 Å². The average molecular weight is 554 g/mol. The van der Waals surface area contributed by atoms with E-state index in [-0.39, 0.29) is 5.91 Å². The number of nitrogens with one attached hydrogen (secondary N) is 2. The van der Waals surface area contributed by atoms with Crippen LogP contribution in [0.5, 0.6) is 5.75 Å². The van der Waals surface area contributed by atoms with Gasteiger partial charge in [0.05, 0.1) is 5.57 Å². The molecule has 40 heavy (non-hydrogen) atoms. The second-order valence-corrected chi connectivity index (χ2v) is 11.3. The standard InChI is InChI=1S/C32H35N5O2S/c1-6-17-40-32-35-31-33-23(5)28(30(38)34-27-16-9-21(3)18-22(27)4)29(37(31)36-32)25-12-14-26(15-13-25)39-19-24-10-7-20(2)8-11-24/h7-16,18,29H,6,17,19H2,1-5H3,(H,34,38)(H,33,35,36). The van der Waals surface area contributed by atoms with E-state index in [4.69, 9.17) is 14.8 Å². The molecule has 0 radical (unpaired) electrons. The van der Waals surface area contributed by atoms with Crippen LogP contribution in [0.15, 0.2) is 83.2 Å². The third kappa shape index (κ3) is 6.07. The summed E-state index contributed by atoms with van der Waals surface area (Å²) in [5.74, 6) is 2.14. The Bertz CT molecular complexity index is 1540. The Morgan fingerprint density at radius 2 is 1.73 bits per heavy atom. The third-order valence-corrected chi connectivity index (χ3v) is 7.91. The average Bonchev–Trinajstić information content (AvgIpc) is 3.35. The Morgan fingerprint density at radius 1 is 1.00 bits per heavy atom. The number of carbonyl (C=O) groups is 1. The molecule has 0 aliphatic carbocycles. The minimum absolute atomic E-state index is 0.175. The maximum atomic E-state index is 13.8. The molecule has 1 aliphatic rings. The second-order valence-electron chi connectivity index (χ2n) is 10.2. The highest BCUT2D eigenvalue weighted by molar-refractivity contribution is 7.99. The lowest BCUT2D eigenvalue weighted by Crippen LogP contribution is -2.31. The van der Waals surface area contributed by atoms with Gasteiger partial charge in [-0.2, -0.15) is 4.98 Å². The Labute approximate surface area is 240 Å². The van der Waals surface area contributed by atoms with Crippen LogP contribution in [-0.4, -0.2) is 26.4 Å². The van der Waals surface area contributed by atoms with Crippen LogP contribution in [0.3, 0.4) is 0 Å². The van der Waals surface area contributed by atoms with Gasteiger partial charge in [-0.25, -0.2) is 4.68 Å². The van der Waals surface area contributed by atoms with E-state index in [1.54, 1.807) is 11.8 Å². The van der Waals surface area contributed by atoms with Crippen LogP contribution in [-0.2, 0) is 11.4 Å². The van der Waals surface area contributed by atoms with E-state index in [0.29, 0.717) is 23.3 Å². The van der Waals surface area contributed by atoms with Crippen molar-refractivity contribution in [1.29, 1.82) is 0 Å². The summed E-state index contributed by atoms with van der Waals surface area (Å²) in [6.45, 7) is 10.7. The molecule has 2 N–H and O–H groups in total. The van der Waals surface area contributed by atoms with E-state index in [2.05, 4.69) is 54.8 Å². The van der Waals surface area contributed by atoms with Crippen molar-refractivity contribution in [3.8, 4) is 5.75 Å². The number of rotatable bonds is 9. The van der Waals surface area contributed by atoms with E-state index in [0.717, 1.165) is 51.6 Å². The SMILES string of the molecule is CCCSc1nc2n(n1)C(c1ccc(OCc3ccc(C)cc3)cc1)C(C(=O)Nc1ccc(C)cc1C)=C(C)N2. The van der Waals surface area contributed by atoms with Crippen molar-refractivity contribution < 1.29 is 9.53 Å². The first-order valence-corrected chi connectivity index (χ1v) is 14.5. The molecule has 0 bridgehead atoms. The quantitative estimate of drug-likeness (QED) is 0.213. The zero-order valence-corrected chi connectivity index (χ0v) is 24.4. The molecule has 1 aliphatic heterocycles. The molecular weight excluding hydrogens is 518 g/mol. The number of hydrogen-bond acceptors (Lipinski definition) is 6. The van der Waals surface area contributed by atoms with Gasteiger partial charge < -0.3 is 15.4 Å². The van der Waals surface area contributed by atoms with E-state index in [1.807, 2.05) is 61.9 Å². The molecule has 1 atom stereocenters. The van der Waals surface area contributed by atoms with Gasteiger partial charge in [0, 0.05) is 17.1 Å². The van der Waals surface area contributed by atoms with Crippen molar-refractivity contribution in [3.63, 3.8) is 0 Å². The Hall–Kier alpha value is -4.04. The first-order valence-electron chi connectivity index (χ1n) is 13.6. The summed E-state index contributed by atoms with van der Waals surface area (Å²) in [5.41, 5.74) is 7.56. The van der Waals surface area contributed by atoms with Crippen molar-refractivity contribution in [2.24, 2.45) is 0 Å². The van der Waals surface area contributed by atoms with Gasteiger partial charge in [0.25, 0.3) is 5.91 Å². The summed E-state index contributed by atoms with van der Waals surface area (Å²) >= 11 is 1.61. The van der Waals surface area contributed by atoms with E-state index in [1.165, 1.54) is 5.56 Å². The summed E-state index contributed by atoms with van der Waals surface area (Å²) < 4.78 is 7.87. The maximum absolute atomic E-state index is 13.8. The van der Waals surface area contributed by atoms with Crippen LogP contribution in [0, 0.1) is 20.8 Å². The number of thioether (sulfide) groups is 1. The summed E-state index contributed by atoms with van der Waals surface area (Å²) in [6.07, 6.45) is 1.02. The van der Waals surface area contributed by atoms with Crippen molar-refractivity contribution in [1.82, 2.24) is 14.8 Å². The third-order valence-electron chi connectivity index (χ3n) is 6.87. The molecule has 0 saturated heterocycles.